The predicted octanol–water partition coefficient (Wildman–Crippen LogP) is 5.04. The minimum Gasteiger partial charge on any atom is -0.321 e. The molecule has 2 aromatic carbocycles. The third-order valence-corrected chi connectivity index (χ3v) is 4.26. The smallest absolute Gasteiger partial charge is 0.255 e. The summed E-state index contributed by atoms with van der Waals surface area (Å²) in [5.41, 5.74) is 2.32. The fraction of sp³-hybridized carbons (Fsp3) is 0.0714. The van der Waals surface area contributed by atoms with Gasteiger partial charge in [-0.05, 0) is 58.5 Å². The largest absolute Gasteiger partial charge is 0.321 e. The number of rotatable bonds is 3. The van der Waals surface area contributed by atoms with Gasteiger partial charge in [0.15, 0.2) is 0 Å². The molecule has 1 N–H and O–H groups in total. The molecule has 0 unspecified atom stereocenters. The third-order valence-electron chi connectivity index (χ3n) is 2.52. The maximum Gasteiger partial charge on any atom is 0.255 e. The van der Waals surface area contributed by atoms with Gasteiger partial charge in [0.25, 0.3) is 5.91 Å². The number of halogens is 3. The Labute approximate surface area is 138 Å². The zero-order valence-electron chi connectivity index (χ0n) is 9.79. The number of hydrogen-bond acceptors (Lipinski definition) is 1. The van der Waals surface area contributed by atoms with E-state index in [0.29, 0.717) is 11.4 Å². The first kappa shape index (κ1) is 14.8. The molecule has 0 radical (unpaired) electrons. The van der Waals surface area contributed by atoms with Crippen LogP contribution in [0, 0.1) is 3.57 Å². The third kappa shape index (κ3) is 3.94. The van der Waals surface area contributed by atoms with Crippen molar-refractivity contribution in [3.8, 4) is 0 Å². The zero-order chi connectivity index (χ0) is 13.8. The summed E-state index contributed by atoms with van der Waals surface area (Å²) in [5.74, 6) is 0.262. The van der Waals surface area contributed by atoms with Crippen molar-refractivity contribution in [3.63, 3.8) is 0 Å². The summed E-state index contributed by atoms with van der Waals surface area (Å²) in [4.78, 5) is 12.2. The Kier molecular flexibility index (Phi) is 5.24. The number of hydrogen-bond donors (Lipinski definition) is 1. The van der Waals surface area contributed by atoms with Crippen LogP contribution in [-0.2, 0) is 5.88 Å². The van der Waals surface area contributed by atoms with Crippen molar-refractivity contribution in [2.75, 3.05) is 5.32 Å². The maximum atomic E-state index is 12.2. The molecule has 0 heterocycles. The SMILES string of the molecule is O=C(Nc1cc(Br)ccc1I)c1cccc(CCl)c1. The second-order valence-corrected chi connectivity index (χ2v) is 6.26. The van der Waals surface area contributed by atoms with E-state index in [1.54, 1.807) is 12.1 Å². The molecule has 0 aliphatic carbocycles. The van der Waals surface area contributed by atoms with Gasteiger partial charge >= 0.3 is 0 Å². The minimum atomic E-state index is -0.136. The van der Waals surface area contributed by atoms with E-state index in [0.717, 1.165) is 19.3 Å². The van der Waals surface area contributed by atoms with Crippen LogP contribution in [0.3, 0.4) is 0 Å². The quantitative estimate of drug-likeness (QED) is 0.515. The highest BCUT2D eigenvalue weighted by Gasteiger charge is 2.09. The second-order valence-electron chi connectivity index (χ2n) is 3.91. The summed E-state index contributed by atoms with van der Waals surface area (Å²) in [7, 11) is 0. The fourth-order valence-corrected chi connectivity index (χ4v) is 2.58. The van der Waals surface area contributed by atoms with Crippen molar-refractivity contribution in [1.82, 2.24) is 0 Å². The zero-order valence-corrected chi connectivity index (χ0v) is 14.3. The monoisotopic (exact) mass is 449 g/mol. The molecule has 0 spiro atoms. The van der Waals surface area contributed by atoms with Crippen LogP contribution in [0.15, 0.2) is 46.9 Å². The lowest BCUT2D eigenvalue weighted by Crippen LogP contribution is -2.13. The number of benzene rings is 2. The number of carbonyl (C=O) groups is 1. The van der Waals surface area contributed by atoms with Gasteiger partial charge in [-0.25, -0.2) is 0 Å². The summed E-state index contributed by atoms with van der Waals surface area (Å²) in [6.07, 6.45) is 0. The Hall–Kier alpha value is -0.590. The van der Waals surface area contributed by atoms with Crippen molar-refractivity contribution >= 4 is 61.7 Å². The van der Waals surface area contributed by atoms with Crippen LogP contribution in [0.2, 0.25) is 0 Å². The molecule has 2 aromatic rings. The van der Waals surface area contributed by atoms with Crippen LogP contribution in [0.4, 0.5) is 5.69 Å². The molecule has 0 fully saturated rings. The van der Waals surface area contributed by atoms with Gasteiger partial charge in [-0.2, -0.15) is 0 Å². The van der Waals surface area contributed by atoms with Crippen molar-refractivity contribution in [2.24, 2.45) is 0 Å². The van der Waals surface area contributed by atoms with Crippen LogP contribution in [0.25, 0.3) is 0 Å². The molecule has 0 bridgehead atoms. The Morgan fingerprint density at radius 2 is 2.05 bits per heavy atom. The van der Waals surface area contributed by atoms with Crippen molar-refractivity contribution < 1.29 is 4.79 Å². The van der Waals surface area contributed by atoms with Gasteiger partial charge in [-0.3, -0.25) is 4.79 Å². The van der Waals surface area contributed by atoms with Crippen molar-refractivity contribution in [3.05, 3.63) is 61.6 Å². The Bertz CT molecular complexity index is 618. The molecule has 0 aromatic heterocycles. The summed E-state index contributed by atoms with van der Waals surface area (Å²) in [5, 5.41) is 2.90. The van der Waals surface area contributed by atoms with E-state index in [-0.39, 0.29) is 5.91 Å². The first-order valence-corrected chi connectivity index (χ1v) is 7.92. The molecule has 0 aliphatic heterocycles. The van der Waals surface area contributed by atoms with Crippen molar-refractivity contribution in [2.45, 2.75) is 5.88 Å². The first-order valence-electron chi connectivity index (χ1n) is 5.51. The molecule has 2 rings (SSSR count). The van der Waals surface area contributed by atoms with Gasteiger partial charge in [0, 0.05) is 19.5 Å². The van der Waals surface area contributed by atoms with Gasteiger partial charge < -0.3 is 5.32 Å². The van der Waals surface area contributed by atoms with Crippen LogP contribution >= 0.6 is 50.1 Å². The summed E-state index contributed by atoms with van der Waals surface area (Å²) in [6.45, 7) is 0. The van der Waals surface area contributed by atoms with Gasteiger partial charge in [0.1, 0.15) is 0 Å². The average molecular weight is 451 g/mol. The normalized spacial score (nSPS) is 10.3. The van der Waals surface area contributed by atoms with E-state index in [9.17, 15) is 4.79 Å². The molecule has 0 aliphatic rings. The molecule has 0 saturated carbocycles. The molecule has 1 amide bonds. The first-order chi connectivity index (χ1) is 9.10. The minimum absolute atomic E-state index is 0.136. The van der Waals surface area contributed by atoms with Crippen LogP contribution in [-0.4, -0.2) is 5.91 Å². The number of amides is 1. The Balaban J connectivity index is 2.22. The lowest BCUT2D eigenvalue weighted by Gasteiger charge is -2.08. The number of anilines is 1. The average Bonchev–Trinajstić information content (AvgIpc) is 2.43. The van der Waals surface area contributed by atoms with Gasteiger partial charge in [-0.1, -0.05) is 28.1 Å². The molecule has 5 heteroatoms. The second kappa shape index (κ2) is 6.72. The van der Waals surface area contributed by atoms with Gasteiger partial charge in [-0.15, -0.1) is 11.6 Å². The maximum absolute atomic E-state index is 12.2. The van der Waals surface area contributed by atoms with E-state index in [1.807, 2.05) is 30.3 Å². The fourth-order valence-electron chi connectivity index (χ4n) is 1.58. The number of carbonyl (C=O) groups excluding carboxylic acids is 1. The molecule has 2 nitrogen and oxygen atoms in total. The molecule has 0 atom stereocenters. The van der Waals surface area contributed by atoms with E-state index >= 15 is 0 Å². The van der Waals surface area contributed by atoms with Crippen LogP contribution in [0.5, 0.6) is 0 Å². The molecule has 19 heavy (non-hydrogen) atoms. The van der Waals surface area contributed by atoms with Crippen LogP contribution in [0.1, 0.15) is 15.9 Å². The molecular formula is C14H10BrClINO. The summed E-state index contributed by atoms with van der Waals surface area (Å²) < 4.78 is 1.92. The van der Waals surface area contributed by atoms with E-state index in [4.69, 9.17) is 11.6 Å². The highest BCUT2D eigenvalue weighted by molar-refractivity contribution is 14.1. The predicted molar refractivity (Wildman–Crippen MR) is 90.8 cm³/mol. The summed E-state index contributed by atoms with van der Waals surface area (Å²) in [6, 6.07) is 13.1. The standard InChI is InChI=1S/C14H10BrClINO/c15-11-4-5-12(17)13(7-11)18-14(19)10-3-1-2-9(6-10)8-16/h1-7H,8H2,(H,18,19). The van der Waals surface area contributed by atoms with Gasteiger partial charge in [0.2, 0.25) is 0 Å². The van der Waals surface area contributed by atoms with E-state index in [2.05, 4.69) is 43.8 Å². The Morgan fingerprint density at radius 3 is 2.79 bits per heavy atom. The van der Waals surface area contributed by atoms with E-state index < -0.39 is 0 Å². The number of nitrogens with one attached hydrogen (secondary N) is 1. The lowest BCUT2D eigenvalue weighted by molar-refractivity contribution is 0.102. The molecule has 98 valence electrons. The van der Waals surface area contributed by atoms with Gasteiger partial charge in [0.05, 0.1) is 5.69 Å². The lowest BCUT2D eigenvalue weighted by atomic mass is 10.1. The van der Waals surface area contributed by atoms with Crippen LogP contribution < -0.4 is 5.32 Å². The van der Waals surface area contributed by atoms with E-state index in [1.165, 1.54) is 0 Å². The number of alkyl halides is 1. The highest BCUT2D eigenvalue weighted by atomic mass is 127. The molecule has 0 saturated heterocycles. The Morgan fingerprint density at radius 1 is 1.26 bits per heavy atom. The summed E-state index contributed by atoms with van der Waals surface area (Å²) >= 11 is 11.4. The molecular weight excluding hydrogens is 440 g/mol. The topological polar surface area (TPSA) is 29.1 Å². The highest BCUT2D eigenvalue weighted by Crippen LogP contribution is 2.23. The van der Waals surface area contributed by atoms with Crippen molar-refractivity contribution in [1.29, 1.82) is 0 Å².